The summed E-state index contributed by atoms with van der Waals surface area (Å²) in [7, 11) is 0. The normalized spacial score (nSPS) is 16.1. The molecule has 0 atom stereocenters. The molecule has 1 aliphatic carbocycles. The van der Waals surface area contributed by atoms with Gasteiger partial charge in [0.25, 0.3) is 0 Å². The van der Waals surface area contributed by atoms with E-state index >= 15 is 0 Å². The maximum absolute atomic E-state index is 14.0. The molecule has 0 unspecified atom stereocenters. The van der Waals surface area contributed by atoms with Gasteiger partial charge in [0, 0.05) is 5.56 Å². The van der Waals surface area contributed by atoms with E-state index in [0.717, 1.165) is 25.7 Å². The Kier molecular flexibility index (Phi) is 3.99. The monoisotopic (exact) mass is 317 g/mol. The lowest BCUT2D eigenvalue weighted by Crippen LogP contribution is -2.14. The zero-order chi connectivity index (χ0) is 12.4. The van der Waals surface area contributed by atoms with E-state index in [4.69, 9.17) is 22.7 Å². The molecule has 2 rings (SSSR count). The number of thiocarbonyl (C=S) groups is 1. The number of rotatable bonds is 3. The van der Waals surface area contributed by atoms with Crippen LogP contribution >= 0.6 is 28.1 Å². The summed E-state index contributed by atoms with van der Waals surface area (Å²) in [5, 5.41) is 0. The Hall–Kier alpha value is -0.680. The van der Waals surface area contributed by atoms with Crippen LogP contribution in [-0.4, -0.2) is 11.1 Å². The van der Waals surface area contributed by atoms with Gasteiger partial charge in [-0.2, -0.15) is 0 Å². The minimum atomic E-state index is -0.429. The molecular weight excluding hydrogens is 305 g/mol. The molecule has 1 fully saturated rings. The Morgan fingerprint density at radius 2 is 2.06 bits per heavy atom. The van der Waals surface area contributed by atoms with Gasteiger partial charge in [0.15, 0.2) is 11.6 Å². The van der Waals surface area contributed by atoms with E-state index in [2.05, 4.69) is 15.9 Å². The highest BCUT2D eigenvalue weighted by Gasteiger charge is 2.20. The van der Waals surface area contributed by atoms with Crippen molar-refractivity contribution in [3.05, 3.63) is 28.0 Å². The van der Waals surface area contributed by atoms with Gasteiger partial charge in [0.05, 0.1) is 10.6 Å². The maximum atomic E-state index is 14.0. The van der Waals surface area contributed by atoms with Gasteiger partial charge >= 0.3 is 0 Å². The summed E-state index contributed by atoms with van der Waals surface area (Å²) in [4.78, 5) is 0.170. The summed E-state index contributed by atoms with van der Waals surface area (Å²) < 4.78 is 19.9. The van der Waals surface area contributed by atoms with Gasteiger partial charge in [-0.15, -0.1) is 0 Å². The molecule has 5 heteroatoms. The van der Waals surface area contributed by atoms with Crippen LogP contribution in [0.15, 0.2) is 16.6 Å². The van der Waals surface area contributed by atoms with E-state index in [1.807, 2.05) is 0 Å². The Morgan fingerprint density at radius 3 is 2.65 bits per heavy atom. The van der Waals surface area contributed by atoms with Crippen LogP contribution in [0.2, 0.25) is 0 Å². The van der Waals surface area contributed by atoms with Crippen LogP contribution in [0.3, 0.4) is 0 Å². The van der Waals surface area contributed by atoms with Gasteiger partial charge in [-0.1, -0.05) is 12.2 Å². The fourth-order valence-corrected chi connectivity index (χ4v) is 2.84. The summed E-state index contributed by atoms with van der Waals surface area (Å²) in [5.74, 6) is -0.161. The average Bonchev–Trinajstić information content (AvgIpc) is 2.77. The van der Waals surface area contributed by atoms with Crippen LogP contribution in [0.5, 0.6) is 5.75 Å². The van der Waals surface area contributed by atoms with Crippen molar-refractivity contribution in [1.29, 1.82) is 0 Å². The van der Waals surface area contributed by atoms with Crippen molar-refractivity contribution in [2.45, 2.75) is 31.8 Å². The minimum Gasteiger partial charge on any atom is -0.487 e. The zero-order valence-electron chi connectivity index (χ0n) is 9.21. The van der Waals surface area contributed by atoms with Crippen LogP contribution in [0.1, 0.15) is 31.2 Å². The SMILES string of the molecule is NC(=S)c1ccc(OC2CCCC2)c(F)c1Br. The van der Waals surface area contributed by atoms with Crippen molar-refractivity contribution in [3.8, 4) is 5.75 Å². The van der Waals surface area contributed by atoms with Crippen molar-refractivity contribution in [2.75, 3.05) is 0 Å². The van der Waals surface area contributed by atoms with E-state index in [1.165, 1.54) is 0 Å². The molecule has 0 saturated heterocycles. The first kappa shape index (κ1) is 12.8. The fraction of sp³-hybridized carbons (Fsp3) is 0.417. The van der Waals surface area contributed by atoms with Crippen molar-refractivity contribution < 1.29 is 9.13 Å². The Bertz CT molecular complexity index is 446. The maximum Gasteiger partial charge on any atom is 0.179 e. The molecule has 0 spiro atoms. The first-order valence-corrected chi connectivity index (χ1v) is 6.74. The van der Waals surface area contributed by atoms with Crippen molar-refractivity contribution in [1.82, 2.24) is 0 Å². The van der Waals surface area contributed by atoms with Crippen LogP contribution in [-0.2, 0) is 0 Å². The lowest BCUT2D eigenvalue weighted by Gasteiger charge is -2.15. The summed E-state index contributed by atoms with van der Waals surface area (Å²) >= 11 is 7.99. The van der Waals surface area contributed by atoms with E-state index in [9.17, 15) is 4.39 Å². The smallest absolute Gasteiger partial charge is 0.179 e. The number of nitrogens with two attached hydrogens (primary N) is 1. The molecule has 1 aromatic rings. The number of hydrogen-bond donors (Lipinski definition) is 1. The van der Waals surface area contributed by atoms with Gasteiger partial charge in [0.2, 0.25) is 0 Å². The van der Waals surface area contributed by atoms with Crippen LogP contribution in [0.4, 0.5) is 4.39 Å². The molecule has 0 radical (unpaired) electrons. The van der Waals surface area contributed by atoms with Crippen molar-refractivity contribution >= 4 is 33.1 Å². The second kappa shape index (κ2) is 5.31. The first-order chi connectivity index (χ1) is 8.09. The molecule has 1 saturated carbocycles. The number of ether oxygens (including phenoxy) is 1. The predicted molar refractivity (Wildman–Crippen MR) is 72.9 cm³/mol. The van der Waals surface area contributed by atoms with E-state index in [0.29, 0.717) is 5.56 Å². The molecule has 92 valence electrons. The van der Waals surface area contributed by atoms with Gasteiger partial charge in [-0.05, 0) is 53.7 Å². The van der Waals surface area contributed by atoms with Crippen LogP contribution < -0.4 is 10.5 Å². The quantitative estimate of drug-likeness (QED) is 0.866. The highest BCUT2D eigenvalue weighted by Crippen LogP contribution is 2.31. The Balaban J connectivity index is 2.23. The molecular formula is C12H13BrFNOS. The zero-order valence-corrected chi connectivity index (χ0v) is 11.6. The van der Waals surface area contributed by atoms with Crippen molar-refractivity contribution in [3.63, 3.8) is 0 Å². The second-order valence-electron chi connectivity index (χ2n) is 4.13. The highest BCUT2D eigenvalue weighted by molar-refractivity contribution is 9.10. The predicted octanol–water partition coefficient (Wildman–Crippen LogP) is 3.54. The molecule has 2 nitrogen and oxygen atoms in total. The summed E-state index contributed by atoms with van der Waals surface area (Å²) in [6.07, 6.45) is 4.42. The summed E-state index contributed by atoms with van der Waals surface area (Å²) in [6, 6.07) is 3.27. The largest absolute Gasteiger partial charge is 0.487 e. The number of benzene rings is 1. The molecule has 2 N–H and O–H groups in total. The lowest BCUT2D eigenvalue weighted by atomic mass is 10.2. The highest BCUT2D eigenvalue weighted by atomic mass is 79.9. The Labute approximate surface area is 113 Å². The molecule has 0 bridgehead atoms. The lowest BCUT2D eigenvalue weighted by molar-refractivity contribution is 0.200. The summed E-state index contributed by atoms with van der Waals surface area (Å²) in [5.41, 5.74) is 5.99. The molecule has 0 aromatic heterocycles. The topological polar surface area (TPSA) is 35.2 Å². The molecule has 1 aliphatic rings. The third-order valence-electron chi connectivity index (χ3n) is 2.91. The fourth-order valence-electron chi connectivity index (χ4n) is 2.00. The van der Waals surface area contributed by atoms with E-state index in [-0.39, 0.29) is 21.3 Å². The first-order valence-electron chi connectivity index (χ1n) is 5.54. The number of hydrogen-bond acceptors (Lipinski definition) is 2. The molecule has 1 aromatic carbocycles. The molecule has 0 heterocycles. The standard InChI is InChI=1S/C12H13BrFNOS/c13-10-8(12(15)17)5-6-9(11(10)14)16-7-3-1-2-4-7/h5-7H,1-4H2,(H2,15,17). The average molecular weight is 318 g/mol. The van der Waals surface area contributed by atoms with Gasteiger partial charge in [-0.25, -0.2) is 4.39 Å². The second-order valence-corrected chi connectivity index (χ2v) is 5.36. The van der Waals surface area contributed by atoms with Crippen LogP contribution in [0.25, 0.3) is 0 Å². The third kappa shape index (κ3) is 2.77. The van der Waals surface area contributed by atoms with Crippen molar-refractivity contribution in [2.24, 2.45) is 5.73 Å². The third-order valence-corrected chi connectivity index (χ3v) is 3.90. The molecule has 0 amide bonds. The molecule has 0 aliphatic heterocycles. The molecule has 17 heavy (non-hydrogen) atoms. The van der Waals surface area contributed by atoms with Crippen LogP contribution in [0, 0.1) is 5.82 Å². The van der Waals surface area contributed by atoms with E-state index in [1.54, 1.807) is 12.1 Å². The number of halogens is 2. The van der Waals surface area contributed by atoms with E-state index < -0.39 is 5.82 Å². The van der Waals surface area contributed by atoms with Gasteiger partial charge in [-0.3, -0.25) is 0 Å². The Morgan fingerprint density at radius 1 is 1.41 bits per heavy atom. The minimum absolute atomic E-state index is 0.132. The van der Waals surface area contributed by atoms with Gasteiger partial charge in [0.1, 0.15) is 4.99 Å². The van der Waals surface area contributed by atoms with Gasteiger partial charge < -0.3 is 10.5 Å². The summed E-state index contributed by atoms with van der Waals surface area (Å²) in [6.45, 7) is 0.